The molecular formula is C18H23N5S. The molecule has 2 aliphatic heterocycles. The van der Waals surface area contributed by atoms with Crippen molar-refractivity contribution in [2.75, 3.05) is 36.8 Å². The Labute approximate surface area is 147 Å². The summed E-state index contributed by atoms with van der Waals surface area (Å²) in [4.78, 5) is 12.4. The summed E-state index contributed by atoms with van der Waals surface area (Å²) in [6.07, 6.45) is 3.77. The maximum atomic E-state index is 5.98. The number of hydrogen-bond donors (Lipinski definition) is 2. The van der Waals surface area contributed by atoms with E-state index in [4.69, 9.17) is 5.73 Å². The Hall–Kier alpha value is -1.79. The van der Waals surface area contributed by atoms with Crippen LogP contribution in [0.2, 0.25) is 0 Å². The van der Waals surface area contributed by atoms with Crippen molar-refractivity contribution in [3.63, 3.8) is 0 Å². The molecule has 4 rings (SSSR count). The lowest BCUT2D eigenvalue weighted by molar-refractivity contribution is 0.232. The number of nitrogens with two attached hydrogens (primary N) is 1. The van der Waals surface area contributed by atoms with Gasteiger partial charge in [-0.2, -0.15) is 4.98 Å². The summed E-state index contributed by atoms with van der Waals surface area (Å²) in [5.41, 5.74) is 6.43. The second-order valence-electron chi connectivity index (χ2n) is 6.76. The first kappa shape index (κ1) is 15.7. The third-order valence-electron chi connectivity index (χ3n) is 5.10. The highest BCUT2D eigenvalue weighted by atomic mass is 32.2. The lowest BCUT2D eigenvalue weighted by atomic mass is 9.78. The zero-order valence-electron chi connectivity index (χ0n) is 13.7. The van der Waals surface area contributed by atoms with Gasteiger partial charge in [-0.15, -0.1) is 0 Å². The normalized spacial score (nSPS) is 19.8. The fourth-order valence-corrected chi connectivity index (χ4v) is 4.59. The summed E-state index contributed by atoms with van der Waals surface area (Å²) in [6, 6.07) is 12.3. The molecule has 2 aliphatic rings. The summed E-state index contributed by atoms with van der Waals surface area (Å²) in [5.74, 6) is 1.33. The van der Waals surface area contributed by atoms with Gasteiger partial charge in [0.2, 0.25) is 5.95 Å². The maximum Gasteiger partial charge on any atom is 0.223 e. The van der Waals surface area contributed by atoms with Crippen LogP contribution in [-0.4, -0.2) is 36.1 Å². The average molecular weight is 341 g/mol. The molecule has 0 amide bonds. The standard InChI is InChI=1S/C18H23N5S/c19-17-21-15(12-16(22-17)24-14-4-2-1-3-5-14)23-11-8-18(13-23)6-9-20-10-7-18/h1-5,12,20H,6-11,13H2,(H2,19,21,22). The van der Waals surface area contributed by atoms with Crippen LogP contribution in [-0.2, 0) is 0 Å². The number of rotatable bonds is 3. The molecular weight excluding hydrogens is 318 g/mol. The van der Waals surface area contributed by atoms with E-state index in [9.17, 15) is 0 Å². The van der Waals surface area contributed by atoms with Crippen LogP contribution in [0.25, 0.3) is 0 Å². The van der Waals surface area contributed by atoms with Gasteiger partial charge in [0.1, 0.15) is 10.8 Å². The summed E-state index contributed by atoms with van der Waals surface area (Å²) >= 11 is 1.63. The van der Waals surface area contributed by atoms with Crippen LogP contribution in [0.5, 0.6) is 0 Å². The smallest absolute Gasteiger partial charge is 0.223 e. The van der Waals surface area contributed by atoms with E-state index in [0.717, 1.165) is 41.9 Å². The molecule has 0 bridgehead atoms. The zero-order chi connectivity index (χ0) is 16.4. The molecule has 3 heterocycles. The Bertz CT molecular complexity index is 700. The van der Waals surface area contributed by atoms with Crippen molar-refractivity contribution in [1.82, 2.24) is 15.3 Å². The highest BCUT2D eigenvalue weighted by molar-refractivity contribution is 7.99. The first-order valence-corrected chi connectivity index (χ1v) is 9.37. The molecule has 2 saturated heterocycles. The van der Waals surface area contributed by atoms with E-state index < -0.39 is 0 Å². The van der Waals surface area contributed by atoms with Crippen LogP contribution < -0.4 is 16.0 Å². The number of aromatic nitrogens is 2. The second kappa shape index (κ2) is 6.61. The Morgan fingerprint density at radius 2 is 1.88 bits per heavy atom. The van der Waals surface area contributed by atoms with E-state index in [1.807, 2.05) is 18.2 Å². The molecule has 0 unspecified atom stereocenters. The van der Waals surface area contributed by atoms with Crippen molar-refractivity contribution in [2.45, 2.75) is 29.2 Å². The van der Waals surface area contributed by atoms with Crippen LogP contribution in [0.15, 0.2) is 46.3 Å². The maximum absolute atomic E-state index is 5.98. The highest BCUT2D eigenvalue weighted by Crippen LogP contribution is 2.40. The Morgan fingerprint density at radius 1 is 1.08 bits per heavy atom. The van der Waals surface area contributed by atoms with Crippen LogP contribution >= 0.6 is 11.8 Å². The molecule has 0 aliphatic carbocycles. The second-order valence-corrected chi connectivity index (χ2v) is 7.85. The third-order valence-corrected chi connectivity index (χ3v) is 6.02. The van der Waals surface area contributed by atoms with Crippen molar-refractivity contribution in [2.24, 2.45) is 5.41 Å². The van der Waals surface area contributed by atoms with Gasteiger partial charge < -0.3 is 16.0 Å². The topological polar surface area (TPSA) is 67.1 Å². The van der Waals surface area contributed by atoms with Crippen LogP contribution in [0.1, 0.15) is 19.3 Å². The highest BCUT2D eigenvalue weighted by Gasteiger charge is 2.39. The number of hydrogen-bond acceptors (Lipinski definition) is 6. The van der Waals surface area contributed by atoms with Gasteiger partial charge in [-0.25, -0.2) is 4.98 Å². The van der Waals surface area contributed by atoms with Gasteiger partial charge in [-0.3, -0.25) is 0 Å². The van der Waals surface area contributed by atoms with Crippen molar-refractivity contribution in [3.8, 4) is 0 Å². The first-order valence-electron chi connectivity index (χ1n) is 8.56. The lowest BCUT2D eigenvalue weighted by Crippen LogP contribution is -2.38. The van der Waals surface area contributed by atoms with Gasteiger partial charge in [-0.05, 0) is 49.9 Å². The van der Waals surface area contributed by atoms with E-state index in [-0.39, 0.29) is 0 Å². The summed E-state index contributed by atoms with van der Waals surface area (Å²) in [5, 5.41) is 4.38. The minimum Gasteiger partial charge on any atom is -0.368 e. The van der Waals surface area contributed by atoms with Gasteiger partial charge >= 0.3 is 0 Å². The number of benzene rings is 1. The molecule has 1 aromatic heterocycles. The number of anilines is 2. The van der Waals surface area contributed by atoms with Gasteiger partial charge in [0, 0.05) is 24.1 Å². The summed E-state index contributed by atoms with van der Waals surface area (Å²) in [7, 11) is 0. The van der Waals surface area contributed by atoms with Crippen molar-refractivity contribution >= 4 is 23.5 Å². The minimum atomic E-state index is 0.359. The summed E-state index contributed by atoms with van der Waals surface area (Å²) in [6.45, 7) is 4.41. The molecule has 126 valence electrons. The van der Waals surface area contributed by atoms with Gasteiger partial charge in [0.15, 0.2) is 0 Å². The quantitative estimate of drug-likeness (QED) is 0.837. The first-order chi connectivity index (χ1) is 11.7. The predicted molar refractivity (Wildman–Crippen MR) is 98.4 cm³/mol. The Morgan fingerprint density at radius 3 is 2.67 bits per heavy atom. The number of nitrogen functional groups attached to an aromatic ring is 1. The van der Waals surface area contributed by atoms with Crippen molar-refractivity contribution in [3.05, 3.63) is 36.4 Å². The van der Waals surface area contributed by atoms with E-state index >= 15 is 0 Å². The van der Waals surface area contributed by atoms with Gasteiger partial charge in [-0.1, -0.05) is 30.0 Å². The Kier molecular flexibility index (Phi) is 4.33. The molecule has 2 aromatic rings. The van der Waals surface area contributed by atoms with E-state index in [1.165, 1.54) is 19.3 Å². The molecule has 6 heteroatoms. The predicted octanol–water partition coefficient (Wildman–Crippen LogP) is 2.79. The number of piperidine rings is 1. The molecule has 24 heavy (non-hydrogen) atoms. The van der Waals surface area contributed by atoms with E-state index in [0.29, 0.717) is 11.4 Å². The zero-order valence-corrected chi connectivity index (χ0v) is 14.6. The number of nitrogens with zero attached hydrogens (tertiary/aromatic N) is 3. The number of nitrogens with one attached hydrogen (secondary N) is 1. The monoisotopic (exact) mass is 341 g/mol. The third kappa shape index (κ3) is 3.35. The molecule has 0 atom stereocenters. The van der Waals surface area contributed by atoms with Crippen LogP contribution in [0, 0.1) is 5.41 Å². The fourth-order valence-electron chi connectivity index (χ4n) is 3.75. The van der Waals surface area contributed by atoms with Crippen LogP contribution in [0.4, 0.5) is 11.8 Å². The molecule has 1 aromatic carbocycles. The van der Waals surface area contributed by atoms with Crippen molar-refractivity contribution in [1.29, 1.82) is 0 Å². The minimum absolute atomic E-state index is 0.359. The SMILES string of the molecule is Nc1nc(Sc2ccccc2)cc(N2CCC3(CCNCC3)C2)n1. The molecule has 5 nitrogen and oxygen atoms in total. The fraction of sp³-hybridized carbons (Fsp3) is 0.444. The van der Waals surface area contributed by atoms with Gasteiger partial charge in [0.25, 0.3) is 0 Å². The lowest BCUT2D eigenvalue weighted by Gasteiger charge is -2.33. The van der Waals surface area contributed by atoms with Gasteiger partial charge in [0.05, 0.1) is 0 Å². The molecule has 0 radical (unpaired) electrons. The molecule has 3 N–H and O–H groups in total. The Balaban J connectivity index is 1.53. The molecule has 1 spiro atoms. The van der Waals surface area contributed by atoms with E-state index in [2.05, 4.69) is 38.4 Å². The van der Waals surface area contributed by atoms with Crippen LogP contribution in [0.3, 0.4) is 0 Å². The molecule has 0 saturated carbocycles. The average Bonchev–Trinajstić information content (AvgIpc) is 2.99. The largest absolute Gasteiger partial charge is 0.368 e. The van der Waals surface area contributed by atoms with Crippen molar-refractivity contribution < 1.29 is 0 Å². The molecule has 2 fully saturated rings. The van der Waals surface area contributed by atoms with E-state index in [1.54, 1.807) is 11.8 Å². The summed E-state index contributed by atoms with van der Waals surface area (Å²) < 4.78 is 0.